The van der Waals surface area contributed by atoms with Gasteiger partial charge in [0.25, 0.3) is 0 Å². The first-order valence-corrected chi connectivity index (χ1v) is 10.3. The molecule has 0 unspecified atom stereocenters. The number of carbonyl (C=O) groups excluding carboxylic acids is 1. The number of thioether (sulfide) groups is 1. The number of amides is 1. The van der Waals surface area contributed by atoms with Gasteiger partial charge in [-0.05, 0) is 33.1 Å². The molecule has 1 aliphatic heterocycles. The molecule has 1 saturated carbocycles. The highest BCUT2D eigenvalue weighted by Crippen LogP contribution is 2.39. The molecule has 2 fully saturated rings. The van der Waals surface area contributed by atoms with E-state index < -0.39 is 9.84 Å². The van der Waals surface area contributed by atoms with E-state index in [1.807, 2.05) is 6.92 Å². The minimum atomic E-state index is -2.96. The SMILES string of the molecule is Cc1nc(SCC(=O)N[C@@H]2CCS(=O)(=O)C2)n(C2CC2)c1C. The zero-order valence-electron chi connectivity index (χ0n) is 12.8. The van der Waals surface area contributed by atoms with E-state index in [0.29, 0.717) is 12.5 Å². The van der Waals surface area contributed by atoms with E-state index in [0.717, 1.165) is 10.9 Å². The maximum absolute atomic E-state index is 12.0. The van der Waals surface area contributed by atoms with E-state index in [1.54, 1.807) is 0 Å². The van der Waals surface area contributed by atoms with Crippen LogP contribution in [0.5, 0.6) is 0 Å². The van der Waals surface area contributed by atoms with Crippen molar-refractivity contribution in [2.24, 2.45) is 0 Å². The molecule has 6 nitrogen and oxygen atoms in total. The van der Waals surface area contributed by atoms with Crippen LogP contribution in [-0.4, -0.2) is 47.2 Å². The van der Waals surface area contributed by atoms with Crippen molar-refractivity contribution in [1.82, 2.24) is 14.9 Å². The molecule has 8 heteroatoms. The Morgan fingerprint density at radius 2 is 2.09 bits per heavy atom. The van der Waals surface area contributed by atoms with Gasteiger partial charge in [0.15, 0.2) is 15.0 Å². The highest BCUT2D eigenvalue weighted by atomic mass is 32.2. The molecule has 1 amide bonds. The molecule has 1 aliphatic carbocycles. The summed E-state index contributed by atoms with van der Waals surface area (Å²) in [4.78, 5) is 16.6. The van der Waals surface area contributed by atoms with E-state index in [2.05, 4.69) is 21.8 Å². The number of imidazole rings is 1. The van der Waals surface area contributed by atoms with E-state index in [9.17, 15) is 13.2 Å². The van der Waals surface area contributed by atoms with Gasteiger partial charge in [-0.15, -0.1) is 0 Å². The lowest BCUT2D eigenvalue weighted by Crippen LogP contribution is -2.36. The highest BCUT2D eigenvalue weighted by molar-refractivity contribution is 7.99. The Balaban J connectivity index is 1.56. The van der Waals surface area contributed by atoms with E-state index in [4.69, 9.17) is 0 Å². The minimum absolute atomic E-state index is 0.0678. The quantitative estimate of drug-likeness (QED) is 0.813. The molecule has 2 aliphatic rings. The number of hydrogen-bond acceptors (Lipinski definition) is 5. The molecule has 1 atom stereocenters. The number of sulfone groups is 1. The molecule has 1 saturated heterocycles. The molecule has 2 heterocycles. The fraction of sp³-hybridized carbons (Fsp3) is 0.714. The Labute approximate surface area is 135 Å². The smallest absolute Gasteiger partial charge is 0.230 e. The van der Waals surface area contributed by atoms with Crippen LogP contribution < -0.4 is 5.32 Å². The van der Waals surface area contributed by atoms with Crippen LogP contribution in [0.15, 0.2) is 5.16 Å². The highest BCUT2D eigenvalue weighted by Gasteiger charge is 2.30. The second-order valence-electron chi connectivity index (χ2n) is 6.12. The Morgan fingerprint density at radius 3 is 2.68 bits per heavy atom. The minimum Gasteiger partial charge on any atom is -0.352 e. The van der Waals surface area contributed by atoms with Crippen molar-refractivity contribution < 1.29 is 13.2 Å². The van der Waals surface area contributed by atoms with E-state index in [1.165, 1.54) is 30.3 Å². The number of rotatable bonds is 5. The van der Waals surface area contributed by atoms with Crippen molar-refractivity contribution in [3.8, 4) is 0 Å². The summed E-state index contributed by atoms with van der Waals surface area (Å²) in [7, 11) is -2.96. The van der Waals surface area contributed by atoms with Crippen LogP contribution in [-0.2, 0) is 14.6 Å². The fourth-order valence-corrected chi connectivity index (χ4v) is 5.41. The maximum atomic E-state index is 12.0. The van der Waals surface area contributed by atoms with Crippen LogP contribution in [0.25, 0.3) is 0 Å². The Bertz CT molecular complexity index is 692. The summed E-state index contributed by atoms with van der Waals surface area (Å²) in [5.41, 5.74) is 2.18. The predicted molar refractivity (Wildman–Crippen MR) is 85.9 cm³/mol. The van der Waals surface area contributed by atoms with Gasteiger partial charge in [-0.2, -0.15) is 0 Å². The Morgan fingerprint density at radius 1 is 1.36 bits per heavy atom. The molecule has 0 aromatic carbocycles. The van der Waals surface area contributed by atoms with Crippen LogP contribution in [0.3, 0.4) is 0 Å². The summed E-state index contributed by atoms with van der Waals surface area (Å²) in [6.07, 6.45) is 2.88. The average molecular weight is 343 g/mol. The first-order chi connectivity index (χ1) is 10.4. The molecule has 0 spiro atoms. The van der Waals surface area contributed by atoms with Gasteiger partial charge in [0.1, 0.15) is 0 Å². The standard InChI is InChI=1S/C14H21N3O3S2/c1-9-10(2)17(12-3-4-12)14(15-9)21-7-13(18)16-11-5-6-22(19,20)8-11/h11-12H,3-8H2,1-2H3,(H,16,18)/t11-/m1/s1. The van der Waals surface area contributed by atoms with Gasteiger partial charge in [0.05, 0.1) is 23.0 Å². The maximum Gasteiger partial charge on any atom is 0.230 e. The molecule has 0 bridgehead atoms. The van der Waals surface area contributed by atoms with Crippen LogP contribution in [0.2, 0.25) is 0 Å². The van der Waals surface area contributed by atoms with Crippen molar-refractivity contribution in [1.29, 1.82) is 0 Å². The monoisotopic (exact) mass is 343 g/mol. The number of aryl methyl sites for hydroxylation is 1. The molecule has 22 heavy (non-hydrogen) atoms. The first kappa shape index (κ1) is 15.9. The van der Waals surface area contributed by atoms with E-state index >= 15 is 0 Å². The van der Waals surface area contributed by atoms with Gasteiger partial charge in [-0.3, -0.25) is 4.79 Å². The topological polar surface area (TPSA) is 81.1 Å². The van der Waals surface area contributed by atoms with Crippen LogP contribution in [0, 0.1) is 13.8 Å². The predicted octanol–water partition coefficient (Wildman–Crippen LogP) is 1.23. The molecule has 3 rings (SSSR count). The second kappa shape index (κ2) is 5.88. The van der Waals surface area contributed by atoms with Gasteiger partial charge >= 0.3 is 0 Å². The van der Waals surface area contributed by atoms with Gasteiger partial charge in [-0.1, -0.05) is 11.8 Å². The summed E-state index contributed by atoms with van der Waals surface area (Å²) in [6, 6.07) is 0.302. The largest absolute Gasteiger partial charge is 0.352 e. The Hall–Kier alpha value is -1.02. The van der Waals surface area contributed by atoms with Crippen molar-refractivity contribution in [3.63, 3.8) is 0 Å². The molecule has 1 aromatic heterocycles. The van der Waals surface area contributed by atoms with Gasteiger partial charge < -0.3 is 9.88 Å². The van der Waals surface area contributed by atoms with Crippen molar-refractivity contribution in [2.45, 2.75) is 50.4 Å². The molecule has 122 valence electrons. The molecular weight excluding hydrogens is 322 g/mol. The fourth-order valence-electron chi connectivity index (χ4n) is 2.77. The lowest BCUT2D eigenvalue weighted by atomic mass is 10.3. The second-order valence-corrected chi connectivity index (χ2v) is 9.29. The zero-order valence-corrected chi connectivity index (χ0v) is 14.5. The average Bonchev–Trinajstić information content (AvgIpc) is 3.15. The van der Waals surface area contributed by atoms with Crippen molar-refractivity contribution in [3.05, 3.63) is 11.4 Å². The summed E-state index contributed by atoms with van der Waals surface area (Å²) < 4.78 is 25.0. The lowest BCUT2D eigenvalue weighted by Gasteiger charge is -2.11. The normalized spacial score (nSPS) is 23.6. The molecule has 1 aromatic rings. The number of aromatic nitrogens is 2. The van der Waals surface area contributed by atoms with Crippen LogP contribution in [0.4, 0.5) is 0 Å². The number of nitrogens with zero attached hydrogens (tertiary/aromatic N) is 2. The van der Waals surface area contributed by atoms with Crippen LogP contribution >= 0.6 is 11.8 Å². The zero-order chi connectivity index (χ0) is 15.9. The third-order valence-electron chi connectivity index (χ3n) is 4.20. The summed E-state index contributed by atoms with van der Waals surface area (Å²) in [5.74, 6) is 0.403. The van der Waals surface area contributed by atoms with Gasteiger partial charge in [0.2, 0.25) is 5.91 Å². The van der Waals surface area contributed by atoms with Gasteiger partial charge in [0, 0.05) is 17.8 Å². The van der Waals surface area contributed by atoms with E-state index in [-0.39, 0.29) is 29.2 Å². The third-order valence-corrected chi connectivity index (χ3v) is 6.92. The number of nitrogens with one attached hydrogen (secondary N) is 1. The molecular formula is C14H21N3O3S2. The summed E-state index contributed by atoms with van der Waals surface area (Å²) in [6.45, 7) is 4.05. The third kappa shape index (κ3) is 3.48. The van der Waals surface area contributed by atoms with Crippen molar-refractivity contribution >= 4 is 27.5 Å². The first-order valence-electron chi connectivity index (χ1n) is 7.54. The molecule has 0 radical (unpaired) electrons. The van der Waals surface area contributed by atoms with Crippen LogP contribution in [0.1, 0.15) is 36.7 Å². The number of hydrogen-bond donors (Lipinski definition) is 1. The molecule has 1 N–H and O–H groups in total. The van der Waals surface area contributed by atoms with Gasteiger partial charge in [-0.25, -0.2) is 13.4 Å². The Kier molecular flexibility index (Phi) is 4.24. The lowest BCUT2D eigenvalue weighted by molar-refractivity contribution is -0.119. The summed E-state index contributed by atoms with van der Waals surface area (Å²) >= 11 is 1.43. The van der Waals surface area contributed by atoms with Crippen molar-refractivity contribution in [2.75, 3.05) is 17.3 Å². The summed E-state index contributed by atoms with van der Waals surface area (Å²) in [5, 5.41) is 3.71. The number of carbonyl (C=O) groups is 1.